The van der Waals surface area contributed by atoms with Crippen molar-refractivity contribution in [2.45, 2.75) is 38.6 Å². The third-order valence-electron chi connectivity index (χ3n) is 3.26. The molecule has 2 atom stereocenters. The second-order valence-electron chi connectivity index (χ2n) is 6.08. The predicted molar refractivity (Wildman–Crippen MR) is 77.4 cm³/mol. The van der Waals surface area contributed by atoms with E-state index < -0.39 is 11.7 Å². The van der Waals surface area contributed by atoms with Crippen LogP contribution in [0.5, 0.6) is 0 Å². The molecule has 0 amide bonds. The van der Waals surface area contributed by atoms with Gasteiger partial charge in [-0.2, -0.15) is 0 Å². The van der Waals surface area contributed by atoms with Gasteiger partial charge in [0.15, 0.2) is 6.10 Å². The van der Waals surface area contributed by atoms with E-state index in [1.807, 2.05) is 45.0 Å². The van der Waals surface area contributed by atoms with E-state index in [2.05, 4.69) is 18.2 Å². The van der Waals surface area contributed by atoms with Gasteiger partial charge in [0.2, 0.25) is 0 Å². The first kappa shape index (κ1) is 13.1. The number of ether oxygens (including phenoxy) is 2. The Morgan fingerprint density at radius 2 is 1.80 bits per heavy atom. The van der Waals surface area contributed by atoms with Crippen LogP contribution in [0.3, 0.4) is 0 Å². The summed E-state index contributed by atoms with van der Waals surface area (Å²) in [5.74, 6) is -0.282. The van der Waals surface area contributed by atoms with Crippen LogP contribution >= 0.6 is 0 Å². The molecule has 1 saturated heterocycles. The van der Waals surface area contributed by atoms with Gasteiger partial charge in [-0.1, -0.05) is 42.5 Å². The maximum Gasteiger partial charge on any atom is 0.338 e. The number of rotatable bonds is 2. The maximum atomic E-state index is 12.0. The molecule has 0 saturated carbocycles. The van der Waals surface area contributed by atoms with E-state index in [9.17, 15) is 4.79 Å². The van der Waals surface area contributed by atoms with Gasteiger partial charge in [-0.25, -0.2) is 4.79 Å². The molecule has 0 N–H and O–H groups in total. The maximum absolute atomic E-state index is 12.0. The zero-order chi connectivity index (χ0) is 14.3. The van der Waals surface area contributed by atoms with Crippen LogP contribution < -0.4 is 0 Å². The highest BCUT2D eigenvalue weighted by Crippen LogP contribution is 2.42. The zero-order valence-electron chi connectivity index (χ0n) is 11.9. The fraction of sp³-hybridized carbons (Fsp3) is 0.353. The molecule has 104 valence electrons. The first-order valence-corrected chi connectivity index (χ1v) is 6.82. The Balaban J connectivity index is 1.83. The van der Waals surface area contributed by atoms with Gasteiger partial charge in [-0.3, -0.25) is 0 Å². The molecule has 0 aromatic heterocycles. The molecular weight excluding hydrogens is 252 g/mol. The molecule has 1 heterocycles. The summed E-state index contributed by atoms with van der Waals surface area (Å²) in [6.45, 7) is 5.58. The van der Waals surface area contributed by atoms with E-state index in [1.54, 1.807) is 0 Å². The lowest BCUT2D eigenvalue weighted by atomic mass is 10.0. The monoisotopic (exact) mass is 270 g/mol. The SMILES string of the molecule is CC(C)(C)OC(=O)[C@@H]1O[C@@H]1c1cccc2ccccc12. The molecule has 2 aromatic carbocycles. The number of hydrogen-bond acceptors (Lipinski definition) is 3. The van der Waals surface area contributed by atoms with Gasteiger partial charge in [-0.15, -0.1) is 0 Å². The zero-order valence-corrected chi connectivity index (χ0v) is 11.9. The van der Waals surface area contributed by atoms with Crippen molar-refractivity contribution in [2.75, 3.05) is 0 Å². The molecule has 3 heteroatoms. The topological polar surface area (TPSA) is 38.8 Å². The van der Waals surface area contributed by atoms with Gasteiger partial charge in [-0.05, 0) is 37.1 Å². The lowest BCUT2D eigenvalue weighted by Gasteiger charge is -2.18. The lowest BCUT2D eigenvalue weighted by Crippen LogP contribution is -2.26. The Labute approximate surface area is 118 Å². The van der Waals surface area contributed by atoms with Crippen molar-refractivity contribution in [3.63, 3.8) is 0 Å². The number of benzene rings is 2. The first-order chi connectivity index (χ1) is 9.46. The highest BCUT2D eigenvalue weighted by atomic mass is 16.6. The van der Waals surface area contributed by atoms with Crippen molar-refractivity contribution in [3.05, 3.63) is 48.0 Å². The van der Waals surface area contributed by atoms with Crippen LogP contribution in [0.15, 0.2) is 42.5 Å². The third kappa shape index (κ3) is 2.54. The molecule has 0 unspecified atom stereocenters. The van der Waals surface area contributed by atoms with E-state index in [0.717, 1.165) is 16.3 Å². The van der Waals surface area contributed by atoms with E-state index >= 15 is 0 Å². The molecule has 1 aliphatic rings. The Morgan fingerprint density at radius 1 is 1.10 bits per heavy atom. The molecule has 3 nitrogen and oxygen atoms in total. The molecule has 2 aromatic rings. The number of hydrogen-bond donors (Lipinski definition) is 0. The summed E-state index contributed by atoms with van der Waals surface area (Å²) >= 11 is 0. The number of fused-ring (bicyclic) bond motifs is 1. The van der Waals surface area contributed by atoms with Crippen LogP contribution in [-0.2, 0) is 14.3 Å². The second kappa shape index (κ2) is 4.60. The molecule has 0 radical (unpaired) electrons. The molecule has 0 spiro atoms. The van der Waals surface area contributed by atoms with E-state index in [-0.39, 0.29) is 12.1 Å². The number of epoxide rings is 1. The number of carbonyl (C=O) groups excluding carboxylic acids is 1. The van der Waals surface area contributed by atoms with Crippen LogP contribution in [0.2, 0.25) is 0 Å². The number of carbonyl (C=O) groups is 1. The Kier molecular flexibility index (Phi) is 3.02. The molecule has 3 rings (SSSR count). The fourth-order valence-electron chi connectivity index (χ4n) is 2.39. The Morgan fingerprint density at radius 3 is 2.55 bits per heavy atom. The summed E-state index contributed by atoms with van der Waals surface area (Å²) < 4.78 is 10.9. The molecule has 0 aliphatic carbocycles. The lowest BCUT2D eigenvalue weighted by molar-refractivity contribution is -0.156. The molecule has 1 fully saturated rings. The molecule has 1 aliphatic heterocycles. The summed E-state index contributed by atoms with van der Waals surface area (Å²) in [5.41, 5.74) is 0.575. The van der Waals surface area contributed by atoms with E-state index in [1.165, 1.54) is 0 Å². The summed E-state index contributed by atoms with van der Waals surface area (Å²) in [5, 5.41) is 2.29. The fourth-order valence-corrected chi connectivity index (χ4v) is 2.39. The minimum atomic E-state index is -0.480. The van der Waals surface area contributed by atoms with E-state index in [4.69, 9.17) is 9.47 Å². The van der Waals surface area contributed by atoms with Crippen LogP contribution in [0.25, 0.3) is 10.8 Å². The van der Waals surface area contributed by atoms with Crippen molar-refractivity contribution in [3.8, 4) is 0 Å². The van der Waals surface area contributed by atoms with Crippen molar-refractivity contribution in [1.82, 2.24) is 0 Å². The van der Waals surface area contributed by atoms with Gasteiger partial charge < -0.3 is 9.47 Å². The highest BCUT2D eigenvalue weighted by Gasteiger charge is 2.48. The number of esters is 1. The molecule has 0 bridgehead atoms. The average molecular weight is 270 g/mol. The normalized spacial score (nSPS) is 21.8. The summed E-state index contributed by atoms with van der Waals surface area (Å²) in [6.07, 6.45) is -0.656. The first-order valence-electron chi connectivity index (χ1n) is 6.82. The largest absolute Gasteiger partial charge is 0.458 e. The standard InChI is InChI=1S/C17H18O3/c1-17(2,3)20-16(18)15-14(19-15)13-10-6-8-11-7-4-5-9-12(11)13/h4-10,14-15H,1-3H3/t14-,15-/m1/s1. The minimum absolute atomic E-state index is 0.184. The van der Waals surface area contributed by atoms with Crippen molar-refractivity contribution in [2.24, 2.45) is 0 Å². The Hall–Kier alpha value is -1.87. The molecule has 20 heavy (non-hydrogen) atoms. The van der Waals surface area contributed by atoms with Gasteiger partial charge in [0.25, 0.3) is 0 Å². The Bertz CT molecular complexity index is 649. The van der Waals surface area contributed by atoms with Crippen molar-refractivity contribution < 1.29 is 14.3 Å². The van der Waals surface area contributed by atoms with E-state index in [0.29, 0.717) is 0 Å². The average Bonchev–Trinajstić information content (AvgIpc) is 3.16. The summed E-state index contributed by atoms with van der Waals surface area (Å²) in [4.78, 5) is 12.0. The van der Waals surface area contributed by atoms with Gasteiger partial charge >= 0.3 is 5.97 Å². The van der Waals surface area contributed by atoms with Gasteiger partial charge in [0.05, 0.1) is 0 Å². The third-order valence-corrected chi connectivity index (χ3v) is 3.26. The van der Waals surface area contributed by atoms with Crippen LogP contribution in [0.4, 0.5) is 0 Å². The summed E-state index contributed by atoms with van der Waals surface area (Å²) in [6, 6.07) is 14.2. The highest BCUT2D eigenvalue weighted by molar-refractivity contribution is 5.88. The van der Waals surface area contributed by atoms with Crippen molar-refractivity contribution >= 4 is 16.7 Å². The van der Waals surface area contributed by atoms with Crippen LogP contribution in [0, 0.1) is 0 Å². The van der Waals surface area contributed by atoms with Crippen molar-refractivity contribution in [1.29, 1.82) is 0 Å². The van der Waals surface area contributed by atoms with Gasteiger partial charge in [0.1, 0.15) is 11.7 Å². The predicted octanol–water partition coefficient (Wildman–Crippen LogP) is 3.62. The summed E-state index contributed by atoms with van der Waals surface area (Å²) in [7, 11) is 0. The smallest absolute Gasteiger partial charge is 0.338 e. The molecular formula is C17H18O3. The minimum Gasteiger partial charge on any atom is -0.458 e. The van der Waals surface area contributed by atoms with Crippen LogP contribution in [0.1, 0.15) is 32.4 Å². The van der Waals surface area contributed by atoms with Gasteiger partial charge in [0, 0.05) is 0 Å². The second-order valence-corrected chi connectivity index (χ2v) is 6.08. The quantitative estimate of drug-likeness (QED) is 0.618. The van der Waals surface area contributed by atoms with Crippen LogP contribution in [-0.4, -0.2) is 17.7 Å².